The molecule has 2 aromatic heterocycles. The number of hydrogen-bond donors (Lipinski definition) is 1. The van der Waals surface area contributed by atoms with Crippen LogP contribution in [-0.2, 0) is 0 Å². The van der Waals surface area contributed by atoms with Gasteiger partial charge in [-0.15, -0.1) is 11.3 Å². The monoisotopic (exact) mass is 248 g/mol. The van der Waals surface area contributed by atoms with E-state index in [1.165, 1.54) is 6.42 Å². The fraction of sp³-hybridized carbons (Fsp3) is 0.500. The molecular formula is C12H16N4S. The number of nitrogens with zero attached hydrogens (tertiary/aromatic N) is 3. The topological polar surface area (TPSA) is 55.0 Å². The van der Waals surface area contributed by atoms with Crippen LogP contribution in [0.4, 0.5) is 11.8 Å². The number of aromatic nitrogens is 2. The van der Waals surface area contributed by atoms with E-state index in [9.17, 15) is 0 Å². The van der Waals surface area contributed by atoms with Gasteiger partial charge in [-0.1, -0.05) is 13.8 Å². The van der Waals surface area contributed by atoms with E-state index in [1.807, 2.05) is 5.38 Å². The molecule has 1 fully saturated rings. The standard InChI is InChI=1S/C12H16N4S/c1-12(2)4-5-16(7-12)9-8-3-6-17-10(8)15-11(13)14-9/h3,6H,4-5,7H2,1-2H3,(H2,13,14,15). The molecule has 4 nitrogen and oxygen atoms in total. The summed E-state index contributed by atoms with van der Waals surface area (Å²) in [6, 6.07) is 2.08. The van der Waals surface area contributed by atoms with Gasteiger partial charge in [0.1, 0.15) is 10.6 Å². The van der Waals surface area contributed by atoms with E-state index in [-0.39, 0.29) is 0 Å². The number of nitrogen functional groups attached to an aromatic ring is 1. The molecule has 90 valence electrons. The number of rotatable bonds is 1. The van der Waals surface area contributed by atoms with Crippen molar-refractivity contribution in [2.75, 3.05) is 23.7 Å². The van der Waals surface area contributed by atoms with E-state index >= 15 is 0 Å². The fourth-order valence-electron chi connectivity index (χ4n) is 2.39. The van der Waals surface area contributed by atoms with Crippen molar-refractivity contribution in [1.29, 1.82) is 0 Å². The van der Waals surface area contributed by atoms with Crippen LogP contribution in [0.3, 0.4) is 0 Å². The molecule has 2 N–H and O–H groups in total. The molecule has 0 bridgehead atoms. The van der Waals surface area contributed by atoms with Crippen LogP contribution in [0.2, 0.25) is 0 Å². The van der Waals surface area contributed by atoms with Gasteiger partial charge in [0, 0.05) is 13.1 Å². The first-order valence-electron chi connectivity index (χ1n) is 5.81. The molecule has 5 heteroatoms. The first-order chi connectivity index (χ1) is 8.05. The van der Waals surface area contributed by atoms with Crippen LogP contribution in [0, 0.1) is 5.41 Å². The van der Waals surface area contributed by atoms with E-state index in [2.05, 4.69) is 34.8 Å². The second-order valence-electron chi connectivity index (χ2n) is 5.38. The van der Waals surface area contributed by atoms with E-state index in [0.717, 1.165) is 29.1 Å². The van der Waals surface area contributed by atoms with Crippen molar-refractivity contribution < 1.29 is 0 Å². The highest BCUT2D eigenvalue weighted by atomic mass is 32.1. The van der Waals surface area contributed by atoms with Gasteiger partial charge in [-0.2, -0.15) is 4.98 Å². The average molecular weight is 248 g/mol. The molecule has 2 aromatic rings. The van der Waals surface area contributed by atoms with Gasteiger partial charge in [-0.05, 0) is 23.3 Å². The summed E-state index contributed by atoms with van der Waals surface area (Å²) >= 11 is 1.62. The molecule has 0 unspecified atom stereocenters. The average Bonchev–Trinajstić information content (AvgIpc) is 2.82. The Morgan fingerprint density at radius 2 is 2.24 bits per heavy atom. The third-order valence-electron chi connectivity index (χ3n) is 3.30. The van der Waals surface area contributed by atoms with Gasteiger partial charge in [0.15, 0.2) is 0 Å². The van der Waals surface area contributed by atoms with Crippen molar-refractivity contribution in [2.45, 2.75) is 20.3 Å². The van der Waals surface area contributed by atoms with Gasteiger partial charge in [0.05, 0.1) is 5.39 Å². The second-order valence-corrected chi connectivity index (χ2v) is 6.28. The molecule has 0 saturated carbocycles. The van der Waals surface area contributed by atoms with Crippen LogP contribution in [0.1, 0.15) is 20.3 Å². The first-order valence-corrected chi connectivity index (χ1v) is 6.69. The molecule has 1 saturated heterocycles. The highest BCUT2D eigenvalue weighted by Crippen LogP contribution is 2.35. The van der Waals surface area contributed by atoms with Gasteiger partial charge in [-0.25, -0.2) is 4.98 Å². The number of anilines is 2. The lowest BCUT2D eigenvalue weighted by molar-refractivity contribution is 0.418. The molecule has 0 aliphatic carbocycles. The second kappa shape index (κ2) is 3.57. The summed E-state index contributed by atoms with van der Waals surface area (Å²) < 4.78 is 0. The Bertz CT molecular complexity index is 561. The largest absolute Gasteiger partial charge is 0.368 e. The number of thiophene rings is 1. The minimum atomic E-state index is 0.363. The molecule has 3 rings (SSSR count). The van der Waals surface area contributed by atoms with E-state index in [1.54, 1.807) is 11.3 Å². The molecule has 0 atom stereocenters. The van der Waals surface area contributed by atoms with Crippen molar-refractivity contribution in [1.82, 2.24) is 9.97 Å². The Morgan fingerprint density at radius 1 is 1.41 bits per heavy atom. The van der Waals surface area contributed by atoms with Crippen LogP contribution in [0.25, 0.3) is 10.2 Å². The lowest BCUT2D eigenvalue weighted by Crippen LogP contribution is -2.24. The Labute approximate surface area is 104 Å². The van der Waals surface area contributed by atoms with Crippen molar-refractivity contribution in [2.24, 2.45) is 5.41 Å². The third kappa shape index (κ3) is 1.84. The molecule has 0 aromatic carbocycles. The first kappa shape index (κ1) is 10.8. The normalized spacial score (nSPS) is 19.1. The Kier molecular flexibility index (Phi) is 2.26. The lowest BCUT2D eigenvalue weighted by atomic mass is 9.93. The summed E-state index contributed by atoms with van der Waals surface area (Å²) in [5.74, 6) is 1.37. The summed E-state index contributed by atoms with van der Waals surface area (Å²) in [5, 5.41) is 3.17. The quantitative estimate of drug-likeness (QED) is 0.842. The molecule has 0 radical (unpaired) electrons. The van der Waals surface area contributed by atoms with Crippen LogP contribution >= 0.6 is 11.3 Å². The van der Waals surface area contributed by atoms with Crippen LogP contribution in [-0.4, -0.2) is 23.1 Å². The number of hydrogen-bond acceptors (Lipinski definition) is 5. The molecule has 17 heavy (non-hydrogen) atoms. The van der Waals surface area contributed by atoms with Crippen LogP contribution in [0.15, 0.2) is 11.4 Å². The molecule has 0 spiro atoms. The highest BCUT2D eigenvalue weighted by Gasteiger charge is 2.31. The predicted octanol–water partition coefficient (Wildman–Crippen LogP) is 2.51. The van der Waals surface area contributed by atoms with Crippen molar-refractivity contribution in [3.8, 4) is 0 Å². The Morgan fingerprint density at radius 3 is 2.94 bits per heavy atom. The summed E-state index contributed by atoms with van der Waals surface area (Å²) in [7, 11) is 0. The molecule has 1 aliphatic heterocycles. The minimum Gasteiger partial charge on any atom is -0.368 e. The Hall–Kier alpha value is -1.36. The smallest absolute Gasteiger partial charge is 0.223 e. The van der Waals surface area contributed by atoms with Crippen molar-refractivity contribution >= 4 is 33.3 Å². The van der Waals surface area contributed by atoms with Crippen molar-refractivity contribution in [3.63, 3.8) is 0 Å². The zero-order chi connectivity index (χ0) is 12.0. The third-order valence-corrected chi connectivity index (χ3v) is 4.11. The van der Waals surface area contributed by atoms with Gasteiger partial charge in [0.25, 0.3) is 0 Å². The van der Waals surface area contributed by atoms with Gasteiger partial charge >= 0.3 is 0 Å². The number of fused-ring (bicyclic) bond motifs is 1. The zero-order valence-corrected chi connectivity index (χ0v) is 10.9. The Balaban J connectivity index is 2.08. The summed E-state index contributed by atoms with van der Waals surface area (Å²) in [6.07, 6.45) is 1.20. The summed E-state index contributed by atoms with van der Waals surface area (Å²) in [6.45, 7) is 6.67. The van der Waals surface area contributed by atoms with Crippen LogP contribution < -0.4 is 10.6 Å². The van der Waals surface area contributed by atoms with Gasteiger partial charge in [0.2, 0.25) is 5.95 Å². The fourth-order valence-corrected chi connectivity index (χ4v) is 3.16. The SMILES string of the molecule is CC1(C)CCN(c2nc(N)nc3sccc23)C1. The summed E-state index contributed by atoms with van der Waals surface area (Å²) in [4.78, 5) is 12.0. The maximum atomic E-state index is 5.78. The molecule has 3 heterocycles. The minimum absolute atomic E-state index is 0.363. The van der Waals surface area contributed by atoms with Gasteiger partial charge in [-0.3, -0.25) is 0 Å². The van der Waals surface area contributed by atoms with Gasteiger partial charge < -0.3 is 10.6 Å². The molecule has 0 amide bonds. The van der Waals surface area contributed by atoms with Crippen molar-refractivity contribution in [3.05, 3.63) is 11.4 Å². The van der Waals surface area contributed by atoms with Crippen LogP contribution in [0.5, 0.6) is 0 Å². The maximum absolute atomic E-state index is 5.78. The molecular weight excluding hydrogens is 232 g/mol. The molecule has 1 aliphatic rings. The van der Waals surface area contributed by atoms with E-state index < -0.39 is 0 Å². The van der Waals surface area contributed by atoms with E-state index in [4.69, 9.17) is 5.73 Å². The van der Waals surface area contributed by atoms with E-state index in [0.29, 0.717) is 11.4 Å². The lowest BCUT2D eigenvalue weighted by Gasteiger charge is -2.21. The maximum Gasteiger partial charge on any atom is 0.223 e. The highest BCUT2D eigenvalue weighted by molar-refractivity contribution is 7.16. The zero-order valence-electron chi connectivity index (χ0n) is 10.1. The predicted molar refractivity (Wildman–Crippen MR) is 72.4 cm³/mol. The summed E-state index contributed by atoms with van der Waals surface area (Å²) in [5.41, 5.74) is 6.14. The number of nitrogens with two attached hydrogens (primary N) is 1.